The highest BCUT2D eigenvalue weighted by atomic mass is 16.5. The van der Waals surface area contributed by atoms with E-state index >= 15 is 0 Å². The molecular weight excluding hydrogens is 230 g/mol. The fraction of sp³-hybridized carbons (Fsp3) is 0.500. The predicted molar refractivity (Wildman–Crippen MR) is 72.2 cm³/mol. The second-order valence-corrected chi connectivity index (χ2v) is 4.08. The molecule has 18 heavy (non-hydrogen) atoms. The average molecular weight is 251 g/mol. The fourth-order valence-corrected chi connectivity index (χ4v) is 1.60. The van der Waals surface area contributed by atoms with E-state index in [0.717, 1.165) is 17.8 Å². The van der Waals surface area contributed by atoms with Crippen LogP contribution >= 0.6 is 0 Å². The molecule has 4 heteroatoms. The minimum absolute atomic E-state index is 0.0531. The Morgan fingerprint density at radius 2 is 1.94 bits per heavy atom. The molecule has 0 fully saturated rings. The molecule has 100 valence electrons. The Morgan fingerprint density at radius 3 is 2.50 bits per heavy atom. The van der Waals surface area contributed by atoms with Gasteiger partial charge in [0, 0.05) is 31.3 Å². The van der Waals surface area contributed by atoms with Gasteiger partial charge in [0.05, 0.1) is 19.8 Å². The van der Waals surface area contributed by atoms with Crippen molar-refractivity contribution in [3.63, 3.8) is 0 Å². The smallest absolute Gasteiger partial charge is 0.162 e. The van der Waals surface area contributed by atoms with Crippen LogP contribution in [0.2, 0.25) is 0 Å². The van der Waals surface area contributed by atoms with Gasteiger partial charge >= 0.3 is 0 Å². The molecule has 0 atom stereocenters. The first-order valence-electron chi connectivity index (χ1n) is 6.22. The number of ketones is 1. The summed E-state index contributed by atoms with van der Waals surface area (Å²) in [5, 5.41) is 8.58. The van der Waals surface area contributed by atoms with Crippen LogP contribution in [-0.2, 0) is 4.74 Å². The van der Waals surface area contributed by atoms with E-state index in [4.69, 9.17) is 9.84 Å². The molecule has 0 saturated carbocycles. The van der Waals surface area contributed by atoms with Crippen LogP contribution in [0.15, 0.2) is 24.3 Å². The molecule has 1 aromatic rings. The minimum atomic E-state index is 0.0531. The van der Waals surface area contributed by atoms with Crippen molar-refractivity contribution < 1.29 is 14.6 Å². The summed E-state index contributed by atoms with van der Waals surface area (Å²) in [5.74, 6) is 0.162. The summed E-state index contributed by atoms with van der Waals surface area (Å²) >= 11 is 0. The van der Waals surface area contributed by atoms with Gasteiger partial charge in [-0.15, -0.1) is 0 Å². The van der Waals surface area contributed by atoms with E-state index in [1.807, 2.05) is 38.2 Å². The van der Waals surface area contributed by atoms with Gasteiger partial charge in [-0.25, -0.2) is 0 Å². The second-order valence-electron chi connectivity index (χ2n) is 4.08. The molecule has 0 spiro atoms. The summed E-state index contributed by atoms with van der Waals surface area (Å²) in [4.78, 5) is 13.5. The van der Waals surface area contributed by atoms with E-state index in [1.54, 1.807) is 0 Å². The number of hydrogen-bond acceptors (Lipinski definition) is 4. The number of anilines is 1. The van der Waals surface area contributed by atoms with Crippen LogP contribution in [0, 0.1) is 0 Å². The third-order valence-corrected chi connectivity index (χ3v) is 2.76. The number of carbonyl (C=O) groups excluding carboxylic acids is 1. The highest BCUT2D eigenvalue weighted by molar-refractivity contribution is 5.96. The van der Waals surface area contributed by atoms with Crippen molar-refractivity contribution >= 4 is 11.5 Å². The summed E-state index contributed by atoms with van der Waals surface area (Å²) in [6.07, 6.45) is 0.532. The van der Waals surface area contributed by atoms with Gasteiger partial charge in [0.15, 0.2) is 5.78 Å². The van der Waals surface area contributed by atoms with Gasteiger partial charge < -0.3 is 14.7 Å². The quantitative estimate of drug-likeness (QED) is 0.564. The van der Waals surface area contributed by atoms with Crippen LogP contribution in [0.1, 0.15) is 23.7 Å². The first-order chi connectivity index (χ1) is 8.69. The molecule has 0 heterocycles. The van der Waals surface area contributed by atoms with E-state index in [1.165, 1.54) is 0 Å². The van der Waals surface area contributed by atoms with E-state index in [-0.39, 0.29) is 12.4 Å². The minimum Gasteiger partial charge on any atom is -0.394 e. The molecule has 1 aromatic carbocycles. The Hall–Kier alpha value is -1.39. The maximum Gasteiger partial charge on any atom is 0.162 e. The third-order valence-electron chi connectivity index (χ3n) is 2.76. The van der Waals surface area contributed by atoms with Crippen LogP contribution in [0.25, 0.3) is 0 Å². The largest absolute Gasteiger partial charge is 0.394 e. The summed E-state index contributed by atoms with van der Waals surface area (Å²) in [5.41, 5.74) is 1.81. The lowest BCUT2D eigenvalue weighted by Gasteiger charge is -2.19. The lowest BCUT2D eigenvalue weighted by atomic mass is 10.1. The van der Waals surface area contributed by atoms with Gasteiger partial charge in [0.25, 0.3) is 0 Å². The molecule has 0 aliphatic carbocycles. The van der Waals surface area contributed by atoms with Crippen molar-refractivity contribution in [2.45, 2.75) is 13.3 Å². The zero-order chi connectivity index (χ0) is 13.4. The van der Waals surface area contributed by atoms with Crippen LogP contribution in [0.4, 0.5) is 5.69 Å². The Balaban J connectivity index is 2.48. The maximum absolute atomic E-state index is 11.5. The molecule has 0 radical (unpaired) electrons. The Morgan fingerprint density at radius 1 is 1.28 bits per heavy atom. The topological polar surface area (TPSA) is 49.8 Å². The number of hydrogen-bond donors (Lipinski definition) is 1. The second kappa shape index (κ2) is 7.84. The van der Waals surface area contributed by atoms with Gasteiger partial charge in [0.1, 0.15) is 0 Å². The van der Waals surface area contributed by atoms with Crippen LogP contribution < -0.4 is 4.90 Å². The molecule has 1 N–H and O–H groups in total. The Kier molecular flexibility index (Phi) is 6.39. The highest BCUT2D eigenvalue weighted by Gasteiger charge is 2.04. The van der Waals surface area contributed by atoms with Gasteiger partial charge in [-0.1, -0.05) is 6.92 Å². The van der Waals surface area contributed by atoms with Gasteiger partial charge in [0.2, 0.25) is 0 Å². The molecule has 0 unspecified atom stereocenters. The number of benzene rings is 1. The zero-order valence-corrected chi connectivity index (χ0v) is 11.1. The van der Waals surface area contributed by atoms with Crippen molar-refractivity contribution in [3.8, 4) is 0 Å². The number of aliphatic hydroxyl groups excluding tert-OH is 1. The number of nitrogens with zero attached hydrogens (tertiary/aromatic N) is 1. The van der Waals surface area contributed by atoms with E-state index < -0.39 is 0 Å². The molecule has 0 saturated heterocycles. The molecule has 4 nitrogen and oxygen atoms in total. The molecular formula is C14H21NO3. The van der Waals surface area contributed by atoms with Crippen molar-refractivity contribution in [1.29, 1.82) is 0 Å². The van der Waals surface area contributed by atoms with Gasteiger partial charge in [-0.3, -0.25) is 4.79 Å². The molecule has 0 aromatic heterocycles. The number of likely N-dealkylation sites (N-methyl/N-ethyl adjacent to an activating group) is 1. The number of carbonyl (C=O) groups is 1. The lowest BCUT2D eigenvalue weighted by molar-refractivity contribution is 0.0971. The number of ether oxygens (including phenoxy) is 1. The first kappa shape index (κ1) is 14.7. The molecule has 0 amide bonds. The molecule has 0 bridgehead atoms. The first-order valence-corrected chi connectivity index (χ1v) is 6.22. The monoisotopic (exact) mass is 251 g/mol. The van der Waals surface area contributed by atoms with Crippen LogP contribution in [0.5, 0.6) is 0 Å². The predicted octanol–water partition coefficient (Wildman–Crippen LogP) is 1.72. The zero-order valence-electron chi connectivity index (χ0n) is 11.1. The van der Waals surface area contributed by atoms with E-state index in [9.17, 15) is 4.79 Å². The van der Waals surface area contributed by atoms with E-state index in [2.05, 4.69) is 4.90 Å². The van der Waals surface area contributed by atoms with Crippen molar-refractivity contribution in [1.82, 2.24) is 0 Å². The average Bonchev–Trinajstić information content (AvgIpc) is 2.42. The number of rotatable bonds is 8. The molecule has 0 aliphatic heterocycles. The SMILES string of the molecule is CCC(=O)c1ccc(N(C)CCOCCO)cc1. The normalized spacial score (nSPS) is 10.4. The van der Waals surface area contributed by atoms with Crippen molar-refractivity contribution in [2.24, 2.45) is 0 Å². The summed E-state index contributed by atoms with van der Waals surface area (Å²) in [7, 11) is 1.97. The summed E-state index contributed by atoms with van der Waals surface area (Å²) in [6, 6.07) is 7.59. The standard InChI is InChI=1S/C14H21NO3/c1-3-14(17)12-4-6-13(7-5-12)15(2)8-10-18-11-9-16/h4-7,16H,3,8-11H2,1-2H3. The molecule has 0 aliphatic rings. The summed E-state index contributed by atoms with van der Waals surface area (Å²) in [6.45, 7) is 3.62. The van der Waals surface area contributed by atoms with Crippen molar-refractivity contribution in [3.05, 3.63) is 29.8 Å². The number of Topliss-reactive ketones (excluding diaryl/α,β-unsaturated/α-hetero) is 1. The van der Waals surface area contributed by atoms with Gasteiger partial charge in [-0.2, -0.15) is 0 Å². The van der Waals surface area contributed by atoms with Gasteiger partial charge in [-0.05, 0) is 24.3 Å². The fourth-order valence-electron chi connectivity index (χ4n) is 1.60. The lowest BCUT2D eigenvalue weighted by Crippen LogP contribution is -2.23. The van der Waals surface area contributed by atoms with Crippen molar-refractivity contribution in [2.75, 3.05) is 38.3 Å². The Labute approximate surface area is 108 Å². The van der Waals surface area contributed by atoms with Crippen LogP contribution in [0.3, 0.4) is 0 Å². The maximum atomic E-state index is 11.5. The van der Waals surface area contributed by atoms with E-state index in [0.29, 0.717) is 19.6 Å². The summed E-state index contributed by atoms with van der Waals surface area (Å²) < 4.78 is 5.21. The third kappa shape index (κ3) is 4.47. The number of aliphatic hydroxyl groups is 1. The Bertz CT molecular complexity index is 362. The van der Waals surface area contributed by atoms with Crippen LogP contribution in [-0.4, -0.2) is 44.3 Å². The highest BCUT2D eigenvalue weighted by Crippen LogP contribution is 2.14. The molecule has 1 rings (SSSR count).